The molecule has 0 aliphatic carbocycles. The quantitative estimate of drug-likeness (QED) is 0.660. The van der Waals surface area contributed by atoms with E-state index in [0.29, 0.717) is 12.8 Å². The van der Waals surface area contributed by atoms with Crippen LogP contribution in [0.1, 0.15) is 38.3 Å². The first-order valence-electron chi connectivity index (χ1n) is 10.9. The van der Waals surface area contributed by atoms with E-state index in [-0.39, 0.29) is 35.3 Å². The molecule has 1 heterocycles. The molecule has 1 aliphatic rings. The molecule has 0 saturated heterocycles. The molecule has 2 aromatic rings. The fourth-order valence-corrected chi connectivity index (χ4v) is 5.36. The first-order valence-corrected chi connectivity index (χ1v) is 12.3. The van der Waals surface area contributed by atoms with Gasteiger partial charge in [0.05, 0.1) is 11.4 Å². The van der Waals surface area contributed by atoms with Gasteiger partial charge < -0.3 is 10.2 Å². The maximum Gasteiger partial charge on any atom is 0.243 e. The van der Waals surface area contributed by atoms with E-state index >= 15 is 0 Å². The molecular formula is C24H31N3O4S. The van der Waals surface area contributed by atoms with Crippen molar-refractivity contribution in [3.05, 3.63) is 59.7 Å². The van der Waals surface area contributed by atoms with E-state index in [1.807, 2.05) is 44.2 Å². The van der Waals surface area contributed by atoms with E-state index in [9.17, 15) is 18.0 Å². The van der Waals surface area contributed by atoms with Crippen molar-refractivity contribution in [2.45, 2.75) is 57.0 Å². The average molecular weight is 458 g/mol. The van der Waals surface area contributed by atoms with Gasteiger partial charge >= 0.3 is 0 Å². The minimum atomic E-state index is -3.84. The van der Waals surface area contributed by atoms with Crippen LogP contribution in [0.5, 0.6) is 0 Å². The highest BCUT2D eigenvalue weighted by Crippen LogP contribution is 2.34. The number of fused-ring (bicyclic) bond motifs is 1. The predicted octanol–water partition coefficient (Wildman–Crippen LogP) is 2.74. The van der Waals surface area contributed by atoms with Gasteiger partial charge in [0.25, 0.3) is 0 Å². The molecule has 0 fully saturated rings. The Balaban J connectivity index is 1.68. The lowest BCUT2D eigenvalue weighted by Crippen LogP contribution is -2.43. The second-order valence-corrected chi connectivity index (χ2v) is 10.4. The van der Waals surface area contributed by atoms with Gasteiger partial charge in [0.15, 0.2) is 0 Å². The number of nitrogens with zero attached hydrogens (tertiary/aromatic N) is 2. The van der Waals surface area contributed by atoms with Gasteiger partial charge in [0, 0.05) is 31.7 Å². The van der Waals surface area contributed by atoms with Crippen LogP contribution in [0.4, 0.5) is 5.69 Å². The molecule has 1 aliphatic heterocycles. The van der Waals surface area contributed by atoms with Crippen LogP contribution < -0.4 is 10.2 Å². The molecule has 0 bridgehead atoms. The fourth-order valence-electron chi connectivity index (χ4n) is 4.18. The van der Waals surface area contributed by atoms with Crippen molar-refractivity contribution in [3.63, 3.8) is 0 Å². The molecular weight excluding hydrogens is 426 g/mol. The molecule has 0 spiro atoms. The van der Waals surface area contributed by atoms with Crippen molar-refractivity contribution in [3.8, 4) is 0 Å². The van der Waals surface area contributed by atoms with E-state index in [0.717, 1.165) is 27.5 Å². The number of anilines is 1. The van der Waals surface area contributed by atoms with E-state index in [1.165, 1.54) is 20.0 Å². The molecule has 0 radical (unpaired) electrons. The number of nitrogens with one attached hydrogen (secondary N) is 1. The Bertz CT molecular complexity index is 1090. The Morgan fingerprint density at radius 1 is 1.19 bits per heavy atom. The summed E-state index contributed by atoms with van der Waals surface area (Å²) in [5, 5.41) is 2.95. The zero-order valence-corrected chi connectivity index (χ0v) is 19.9. The van der Waals surface area contributed by atoms with Crippen molar-refractivity contribution in [2.75, 3.05) is 18.5 Å². The third kappa shape index (κ3) is 5.19. The van der Waals surface area contributed by atoms with Crippen molar-refractivity contribution in [1.29, 1.82) is 0 Å². The number of amides is 2. The molecule has 8 heteroatoms. The second-order valence-electron chi connectivity index (χ2n) is 8.36. The van der Waals surface area contributed by atoms with Crippen LogP contribution in [0, 0.1) is 0 Å². The average Bonchev–Trinajstić information content (AvgIpc) is 3.08. The highest BCUT2D eigenvalue weighted by atomic mass is 32.2. The predicted molar refractivity (Wildman–Crippen MR) is 125 cm³/mol. The Kier molecular flexibility index (Phi) is 7.36. The Morgan fingerprint density at radius 2 is 1.88 bits per heavy atom. The van der Waals surface area contributed by atoms with E-state index < -0.39 is 10.0 Å². The number of carbonyl (C=O) groups excluding carboxylic acids is 2. The summed E-state index contributed by atoms with van der Waals surface area (Å²) in [4.78, 5) is 26.3. The summed E-state index contributed by atoms with van der Waals surface area (Å²) in [7, 11) is -2.44. The van der Waals surface area contributed by atoms with Crippen LogP contribution in [-0.4, -0.2) is 50.2 Å². The number of sulfonamides is 1. The standard InChI is InChI=1S/C24H31N3O4S/c1-5-21(14-19-9-7-6-8-10-19)25-24(29)16-26(4)32(30,31)22-11-12-23-20(15-22)13-17(2)27(23)18(3)28/h6-12,15,17,21H,5,13-14,16H2,1-4H3,(H,25,29)/t17-,21+/m1/s1. The van der Waals surface area contributed by atoms with Gasteiger partial charge in [-0.15, -0.1) is 0 Å². The van der Waals surface area contributed by atoms with Crippen LogP contribution in [0.2, 0.25) is 0 Å². The lowest BCUT2D eigenvalue weighted by molar-refractivity contribution is -0.122. The van der Waals surface area contributed by atoms with Gasteiger partial charge in [-0.25, -0.2) is 8.42 Å². The smallest absolute Gasteiger partial charge is 0.243 e. The lowest BCUT2D eigenvalue weighted by Gasteiger charge is -2.22. The lowest BCUT2D eigenvalue weighted by atomic mass is 10.0. The molecule has 32 heavy (non-hydrogen) atoms. The normalized spacial score (nSPS) is 16.7. The third-order valence-electron chi connectivity index (χ3n) is 5.86. The van der Waals surface area contributed by atoms with Crippen LogP contribution >= 0.6 is 0 Å². The minimum Gasteiger partial charge on any atom is -0.352 e. The number of hydrogen-bond donors (Lipinski definition) is 1. The van der Waals surface area contributed by atoms with Gasteiger partial charge in [-0.1, -0.05) is 37.3 Å². The van der Waals surface area contributed by atoms with E-state index in [1.54, 1.807) is 17.0 Å². The van der Waals surface area contributed by atoms with Crippen molar-refractivity contribution >= 4 is 27.5 Å². The Hall–Kier alpha value is -2.71. The highest BCUT2D eigenvalue weighted by molar-refractivity contribution is 7.89. The summed E-state index contributed by atoms with van der Waals surface area (Å²) in [6.45, 7) is 5.17. The fraction of sp³-hybridized carbons (Fsp3) is 0.417. The molecule has 2 amide bonds. The van der Waals surface area contributed by atoms with Crippen LogP contribution in [0.25, 0.3) is 0 Å². The molecule has 172 valence electrons. The zero-order valence-electron chi connectivity index (χ0n) is 19.0. The second kappa shape index (κ2) is 9.83. The summed E-state index contributed by atoms with van der Waals surface area (Å²) >= 11 is 0. The van der Waals surface area contributed by atoms with Crippen molar-refractivity contribution in [2.24, 2.45) is 0 Å². The van der Waals surface area contributed by atoms with Gasteiger partial charge in [0.2, 0.25) is 21.8 Å². The van der Waals surface area contributed by atoms with Gasteiger partial charge in [-0.2, -0.15) is 4.31 Å². The topological polar surface area (TPSA) is 86.8 Å². The highest BCUT2D eigenvalue weighted by Gasteiger charge is 2.31. The molecule has 2 aromatic carbocycles. The molecule has 2 atom stereocenters. The monoisotopic (exact) mass is 457 g/mol. The van der Waals surface area contributed by atoms with E-state index in [4.69, 9.17) is 0 Å². The molecule has 0 saturated carbocycles. The number of carbonyl (C=O) groups is 2. The first kappa shape index (κ1) is 23.9. The van der Waals surface area contributed by atoms with Crippen LogP contribution in [-0.2, 0) is 32.5 Å². The minimum absolute atomic E-state index is 0.0143. The molecule has 0 aromatic heterocycles. The Labute approximate surface area is 190 Å². The maximum absolute atomic E-state index is 13.1. The largest absolute Gasteiger partial charge is 0.352 e. The zero-order chi connectivity index (χ0) is 23.5. The number of likely N-dealkylation sites (N-methyl/N-ethyl adjacent to an activating group) is 1. The van der Waals surface area contributed by atoms with Crippen LogP contribution in [0.3, 0.4) is 0 Å². The summed E-state index contributed by atoms with van der Waals surface area (Å²) in [5.74, 6) is -0.405. The van der Waals surface area contributed by atoms with Gasteiger partial charge in [0.1, 0.15) is 0 Å². The van der Waals surface area contributed by atoms with Gasteiger partial charge in [-0.3, -0.25) is 9.59 Å². The summed E-state index contributed by atoms with van der Waals surface area (Å²) in [6.07, 6.45) is 2.03. The summed E-state index contributed by atoms with van der Waals surface area (Å²) in [5.41, 5.74) is 2.68. The molecule has 7 nitrogen and oxygen atoms in total. The number of benzene rings is 2. The van der Waals surface area contributed by atoms with Crippen LogP contribution in [0.15, 0.2) is 53.4 Å². The maximum atomic E-state index is 13.1. The SMILES string of the molecule is CC[C@@H](Cc1ccccc1)NC(=O)CN(C)S(=O)(=O)c1ccc2c(c1)C[C@@H](C)N2C(C)=O. The molecule has 0 unspecified atom stereocenters. The number of hydrogen-bond acceptors (Lipinski definition) is 4. The first-order chi connectivity index (χ1) is 15.1. The Morgan fingerprint density at radius 3 is 2.50 bits per heavy atom. The summed E-state index contributed by atoms with van der Waals surface area (Å²) in [6, 6.07) is 14.6. The van der Waals surface area contributed by atoms with Gasteiger partial charge in [-0.05, 0) is 55.5 Å². The summed E-state index contributed by atoms with van der Waals surface area (Å²) < 4.78 is 27.2. The van der Waals surface area contributed by atoms with Crippen molar-refractivity contribution in [1.82, 2.24) is 9.62 Å². The third-order valence-corrected chi connectivity index (χ3v) is 7.66. The van der Waals surface area contributed by atoms with Crippen molar-refractivity contribution < 1.29 is 18.0 Å². The van der Waals surface area contributed by atoms with E-state index in [2.05, 4.69) is 5.32 Å². The molecule has 1 N–H and O–H groups in total. The molecule has 3 rings (SSSR count). The number of rotatable bonds is 8.